The summed E-state index contributed by atoms with van der Waals surface area (Å²) in [6.07, 6.45) is 3.20. The van der Waals surface area contributed by atoms with Crippen LogP contribution in [0, 0.1) is 23.2 Å². The predicted octanol–water partition coefficient (Wildman–Crippen LogP) is 1.89. The van der Waals surface area contributed by atoms with Gasteiger partial charge in [0.25, 0.3) is 0 Å². The Balaban J connectivity index is 1.96. The van der Waals surface area contributed by atoms with Gasteiger partial charge in [0.2, 0.25) is 0 Å². The Morgan fingerprint density at radius 1 is 1.57 bits per heavy atom. The highest BCUT2D eigenvalue weighted by molar-refractivity contribution is 7.81. The molecule has 5 atom stereocenters. The Hall–Kier alpha value is -0.180. The highest BCUT2D eigenvalue weighted by Gasteiger charge is 2.63. The molecule has 3 aliphatic rings. The van der Waals surface area contributed by atoms with Crippen LogP contribution in [0.1, 0.15) is 26.2 Å². The van der Waals surface area contributed by atoms with Crippen molar-refractivity contribution in [3.05, 3.63) is 0 Å². The van der Waals surface area contributed by atoms with Gasteiger partial charge >= 0.3 is 5.97 Å². The number of carbonyl (C=O) groups is 1. The molecule has 5 unspecified atom stereocenters. The van der Waals surface area contributed by atoms with Crippen LogP contribution in [0.25, 0.3) is 0 Å². The fourth-order valence-corrected chi connectivity index (χ4v) is 4.51. The number of ether oxygens (including phenoxy) is 1. The van der Waals surface area contributed by atoms with Crippen LogP contribution in [0.5, 0.6) is 0 Å². The van der Waals surface area contributed by atoms with E-state index in [4.69, 9.17) is 4.74 Å². The van der Waals surface area contributed by atoms with Crippen molar-refractivity contribution < 1.29 is 9.53 Å². The molecule has 1 saturated heterocycles. The smallest absolute Gasteiger partial charge is 0.312 e. The van der Waals surface area contributed by atoms with Crippen LogP contribution in [0.2, 0.25) is 0 Å². The lowest BCUT2D eigenvalue weighted by molar-refractivity contribution is -0.148. The van der Waals surface area contributed by atoms with Crippen molar-refractivity contribution in [1.82, 2.24) is 0 Å². The zero-order valence-electron chi connectivity index (χ0n) is 8.40. The maximum absolute atomic E-state index is 11.8. The van der Waals surface area contributed by atoms with Gasteiger partial charge in [0, 0.05) is 5.25 Å². The SMILES string of the molecule is CC1C2CC(C1S)C1(CCOC1=O)C2. The Morgan fingerprint density at radius 2 is 2.36 bits per heavy atom. The van der Waals surface area contributed by atoms with Gasteiger partial charge in [-0.2, -0.15) is 12.6 Å². The summed E-state index contributed by atoms with van der Waals surface area (Å²) >= 11 is 4.67. The van der Waals surface area contributed by atoms with E-state index in [1.807, 2.05) is 0 Å². The second kappa shape index (κ2) is 2.69. The average Bonchev–Trinajstić information content (AvgIpc) is 2.77. The molecule has 3 heteroatoms. The molecule has 14 heavy (non-hydrogen) atoms. The molecule has 2 nitrogen and oxygen atoms in total. The summed E-state index contributed by atoms with van der Waals surface area (Å²) in [5.74, 6) is 1.95. The summed E-state index contributed by atoms with van der Waals surface area (Å²) in [6, 6.07) is 0. The molecule has 78 valence electrons. The van der Waals surface area contributed by atoms with Crippen molar-refractivity contribution in [2.24, 2.45) is 23.2 Å². The van der Waals surface area contributed by atoms with Gasteiger partial charge < -0.3 is 4.74 Å². The van der Waals surface area contributed by atoms with Crippen molar-refractivity contribution in [2.45, 2.75) is 31.4 Å². The molecule has 0 radical (unpaired) electrons. The van der Waals surface area contributed by atoms with Crippen LogP contribution in [-0.4, -0.2) is 17.8 Å². The van der Waals surface area contributed by atoms with Gasteiger partial charge in [0.1, 0.15) is 0 Å². The molecule has 0 aromatic carbocycles. The first kappa shape index (κ1) is 9.08. The summed E-state index contributed by atoms with van der Waals surface area (Å²) in [4.78, 5) is 11.8. The van der Waals surface area contributed by atoms with E-state index in [9.17, 15) is 4.79 Å². The van der Waals surface area contributed by atoms with E-state index in [2.05, 4.69) is 19.6 Å². The lowest BCUT2D eigenvalue weighted by Crippen LogP contribution is -2.40. The minimum atomic E-state index is -0.121. The molecule has 1 spiro atoms. The average molecular weight is 212 g/mol. The number of esters is 1. The fourth-order valence-electron chi connectivity index (χ4n) is 3.86. The van der Waals surface area contributed by atoms with Crippen LogP contribution in [0.3, 0.4) is 0 Å². The summed E-state index contributed by atoms with van der Waals surface area (Å²) < 4.78 is 5.15. The number of hydrogen-bond acceptors (Lipinski definition) is 3. The predicted molar refractivity (Wildman–Crippen MR) is 56.2 cm³/mol. The van der Waals surface area contributed by atoms with Crippen LogP contribution < -0.4 is 0 Å². The highest BCUT2D eigenvalue weighted by Crippen LogP contribution is 2.63. The van der Waals surface area contributed by atoms with Gasteiger partial charge in [-0.15, -0.1) is 0 Å². The van der Waals surface area contributed by atoms with Crippen LogP contribution in [-0.2, 0) is 9.53 Å². The number of thiol groups is 1. The number of hydrogen-bond donors (Lipinski definition) is 1. The maximum Gasteiger partial charge on any atom is 0.312 e. The quantitative estimate of drug-likeness (QED) is 0.490. The molecule has 3 fully saturated rings. The molecule has 2 saturated carbocycles. The lowest BCUT2D eigenvalue weighted by Gasteiger charge is -2.36. The van der Waals surface area contributed by atoms with E-state index in [0.717, 1.165) is 12.8 Å². The molecule has 3 rings (SSSR count). The summed E-state index contributed by atoms with van der Waals surface area (Å²) in [6.45, 7) is 2.91. The third-order valence-electron chi connectivity index (χ3n) is 4.78. The minimum absolute atomic E-state index is 0.0657. The summed E-state index contributed by atoms with van der Waals surface area (Å²) in [5, 5.41) is 0.416. The monoisotopic (exact) mass is 212 g/mol. The molecule has 1 aliphatic heterocycles. The molecule has 1 heterocycles. The van der Waals surface area contributed by atoms with E-state index in [1.54, 1.807) is 0 Å². The van der Waals surface area contributed by atoms with Crippen molar-refractivity contribution in [2.75, 3.05) is 6.61 Å². The van der Waals surface area contributed by atoms with Crippen molar-refractivity contribution in [1.29, 1.82) is 0 Å². The standard InChI is InChI=1S/C11H16O2S/c1-6-7-4-8(9(6)14)11(5-7)2-3-13-10(11)12/h6-9,14H,2-5H2,1H3. The maximum atomic E-state index is 11.8. The Kier molecular flexibility index (Phi) is 1.74. The number of cyclic esters (lactones) is 1. The Bertz CT molecular complexity index is 289. The van der Waals surface area contributed by atoms with E-state index < -0.39 is 0 Å². The first-order chi connectivity index (χ1) is 6.65. The van der Waals surface area contributed by atoms with E-state index in [0.29, 0.717) is 29.6 Å². The second-order valence-electron chi connectivity index (χ2n) is 5.20. The van der Waals surface area contributed by atoms with Gasteiger partial charge in [0.15, 0.2) is 0 Å². The molecule has 0 amide bonds. The molecule has 2 aliphatic carbocycles. The molecule has 2 bridgehead atoms. The van der Waals surface area contributed by atoms with E-state index in [1.165, 1.54) is 6.42 Å². The molecule has 0 aromatic rings. The third-order valence-corrected chi connectivity index (χ3v) is 5.61. The first-order valence-corrected chi connectivity index (χ1v) is 6.02. The number of fused-ring (bicyclic) bond motifs is 3. The summed E-state index contributed by atoms with van der Waals surface area (Å²) in [7, 11) is 0. The highest BCUT2D eigenvalue weighted by atomic mass is 32.1. The molecule has 0 aromatic heterocycles. The Morgan fingerprint density at radius 3 is 2.86 bits per heavy atom. The van der Waals surface area contributed by atoms with Gasteiger partial charge in [-0.3, -0.25) is 4.79 Å². The normalized spacial score (nSPS) is 55.7. The topological polar surface area (TPSA) is 26.3 Å². The largest absolute Gasteiger partial charge is 0.465 e. The molecular formula is C11H16O2S. The minimum Gasteiger partial charge on any atom is -0.465 e. The van der Waals surface area contributed by atoms with Crippen LogP contribution in [0.15, 0.2) is 0 Å². The van der Waals surface area contributed by atoms with Crippen molar-refractivity contribution in [3.63, 3.8) is 0 Å². The fraction of sp³-hybridized carbons (Fsp3) is 0.909. The van der Waals surface area contributed by atoms with Gasteiger partial charge in [0.05, 0.1) is 12.0 Å². The second-order valence-corrected chi connectivity index (χ2v) is 5.79. The first-order valence-electron chi connectivity index (χ1n) is 5.50. The Labute approximate surface area is 89.8 Å². The van der Waals surface area contributed by atoms with Crippen LogP contribution in [0.4, 0.5) is 0 Å². The van der Waals surface area contributed by atoms with E-state index >= 15 is 0 Å². The van der Waals surface area contributed by atoms with E-state index in [-0.39, 0.29) is 11.4 Å². The molecular weight excluding hydrogens is 196 g/mol. The van der Waals surface area contributed by atoms with Crippen molar-refractivity contribution >= 4 is 18.6 Å². The van der Waals surface area contributed by atoms with Crippen LogP contribution >= 0.6 is 12.6 Å². The third kappa shape index (κ3) is 0.873. The lowest BCUT2D eigenvalue weighted by atomic mass is 9.69. The zero-order valence-corrected chi connectivity index (χ0v) is 9.30. The zero-order chi connectivity index (χ0) is 9.92. The number of rotatable bonds is 0. The van der Waals surface area contributed by atoms with Gasteiger partial charge in [-0.05, 0) is 37.0 Å². The van der Waals surface area contributed by atoms with Gasteiger partial charge in [-0.1, -0.05) is 6.92 Å². The molecule has 0 N–H and O–H groups in total. The van der Waals surface area contributed by atoms with Gasteiger partial charge in [-0.25, -0.2) is 0 Å². The number of carbonyl (C=O) groups excluding carboxylic acids is 1. The summed E-state index contributed by atoms with van der Waals surface area (Å²) in [5.41, 5.74) is -0.121. The van der Waals surface area contributed by atoms with Crippen molar-refractivity contribution in [3.8, 4) is 0 Å².